The lowest BCUT2D eigenvalue weighted by Gasteiger charge is -2.19. The van der Waals surface area contributed by atoms with E-state index in [4.69, 9.17) is 9.47 Å². The van der Waals surface area contributed by atoms with Crippen LogP contribution in [0.5, 0.6) is 11.5 Å². The number of rotatable bonds is 4. The second-order valence-electron chi connectivity index (χ2n) is 5.43. The molecule has 128 valence electrons. The van der Waals surface area contributed by atoms with E-state index in [-0.39, 0.29) is 18.3 Å². The summed E-state index contributed by atoms with van der Waals surface area (Å²) in [5.74, 6) is 0.966. The summed E-state index contributed by atoms with van der Waals surface area (Å²) in [5.41, 5.74) is 3.72. The minimum atomic E-state index is -0.172. The number of anilines is 2. The Labute approximate surface area is 147 Å². The van der Waals surface area contributed by atoms with Crippen molar-refractivity contribution in [3.63, 3.8) is 0 Å². The fourth-order valence-corrected chi connectivity index (χ4v) is 2.73. The molecule has 1 aliphatic rings. The number of methoxy groups -OCH3 is 2. The summed E-state index contributed by atoms with van der Waals surface area (Å²) in [6, 6.07) is 11.1. The van der Waals surface area contributed by atoms with E-state index in [0.717, 1.165) is 30.8 Å². The Morgan fingerprint density at radius 1 is 1.08 bits per heavy atom. The zero-order chi connectivity index (χ0) is 16.2. The Balaban J connectivity index is 0.00000208. The molecule has 2 N–H and O–H groups in total. The average Bonchev–Trinajstić information content (AvgIpc) is 2.60. The maximum atomic E-state index is 12.4. The van der Waals surface area contributed by atoms with Crippen molar-refractivity contribution in [3.05, 3.63) is 47.5 Å². The lowest BCUT2D eigenvalue weighted by molar-refractivity contribution is 0.102. The second-order valence-corrected chi connectivity index (χ2v) is 5.43. The van der Waals surface area contributed by atoms with Gasteiger partial charge in [0.25, 0.3) is 5.91 Å². The number of fused-ring (bicyclic) bond motifs is 1. The molecule has 0 spiro atoms. The van der Waals surface area contributed by atoms with Crippen molar-refractivity contribution < 1.29 is 14.3 Å². The van der Waals surface area contributed by atoms with Gasteiger partial charge in [0.1, 0.15) is 0 Å². The highest BCUT2D eigenvalue weighted by Gasteiger charge is 2.13. The fraction of sp³-hybridized carbons (Fsp3) is 0.278. The largest absolute Gasteiger partial charge is 0.493 e. The summed E-state index contributed by atoms with van der Waals surface area (Å²) in [6.45, 7) is 1.00. The van der Waals surface area contributed by atoms with Gasteiger partial charge in [0.05, 0.1) is 14.2 Å². The van der Waals surface area contributed by atoms with Gasteiger partial charge in [-0.25, -0.2) is 0 Å². The van der Waals surface area contributed by atoms with E-state index in [1.54, 1.807) is 32.4 Å². The molecular formula is C18H21ClN2O3. The lowest BCUT2D eigenvalue weighted by atomic mass is 10.0. The molecule has 6 heteroatoms. The van der Waals surface area contributed by atoms with E-state index in [9.17, 15) is 4.79 Å². The van der Waals surface area contributed by atoms with E-state index in [1.165, 1.54) is 5.56 Å². The van der Waals surface area contributed by atoms with Gasteiger partial charge in [0.15, 0.2) is 11.5 Å². The zero-order valence-corrected chi connectivity index (χ0v) is 14.5. The highest BCUT2D eigenvalue weighted by molar-refractivity contribution is 6.04. The first-order valence-electron chi connectivity index (χ1n) is 7.61. The number of benzene rings is 2. The topological polar surface area (TPSA) is 59.6 Å². The van der Waals surface area contributed by atoms with E-state index in [1.807, 2.05) is 18.2 Å². The molecule has 0 radical (unpaired) electrons. The third-order valence-corrected chi connectivity index (χ3v) is 3.95. The minimum Gasteiger partial charge on any atom is -0.493 e. The fourth-order valence-electron chi connectivity index (χ4n) is 2.73. The Kier molecular flexibility index (Phi) is 5.93. The molecule has 1 aliphatic heterocycles. The number of aryl methyl sites for hydroxylation is 1. The van der Waals surface area contributed by atoms with Crippen molar-refractivity contribution in [1.29, 1.82) is 0 Å². The summed E-state index contributed by atoms with van der Waals surface area (Å²) < 4.78 is 10.4. The molecule has 0 saturated carbocycles. The van der Waals surface area contributed by atoms with E-state index in [0.29, 0.717) is 17.1 Å². The second kappa shape index (κ2) is 7.93. The van der Waals surface area contributed by atoms with Crippen LogP contribution in [0.2, 0.25) is 0 Å². The van der Waals surface area contributed by atoms with Gasteiger partial charge in [-0.1, -0.05) is 0 Å². The summed E-state index contributed by atoms with van der Waals surface area (Å²) in [5, 5.41) is 6.29. The number of halogens is 1. The van der Waals surface area contributed by atoms with E-state index < -0.39 is 0 Å². The number of hydrogen-bond donors (Lipinski definition) is 2. The quantitative estimate of drug-likeness (QED) is 0.883. The van der Waals surface area contributed by atoms with E-state index >= 15 is 0 Å². The molecule has 0 saturated heterocycles. The average molecular weight is 349 g/mol. The Hall–Kier alpha value is -2.40. The molecule has 0 unspecified atom stereocenters. The van der Waals surface area contributed by atoms with Crippen LogP contribution in [-0.2, 0) is 6.42 Å². The van der Waals surface area contributed by atoms with Gasteiger partial charge in [-0.15, -0.1) is 12.4 Å². The minimum absolute atomic E-state index is 0. The molecule has 3 rings (SSSR count). The van der Waals surface area contributed by atoms with Gasteiger partial charge in [-0.2, -0.15) is 0 Å². The van der Waals surface area contributed by atoms with Crippen LogP contribution in [0.25, 0.3) is 0 Å². The standard InChI is InChI=1S/C18H20N2O3.ClH/c1-22-16-8-5-13(11-17(16)23-2)18(21)20-14-6-7-15-12(10-14)4-3-9-19-15;/h5-8,10-11,19H,3-4,9H2,1-2H3,(H,20,21);1H. The number of amides is 1. The van der Waals surface area contributed by atoms with Gasteiger partial charge in [0.2, 0.25) is 0 Å². The molecule has 5 nitrogen and oxygen atoms in total. The van der Waals surface area contributed by atoms with Crippen LogP contribution in [0, 0.1) is 0 Å². The van der Waals surface area contributed by atoms with Crippen LogP contribution in [0.3, 0.4) is 0 Å². The molecule has 24 heavy (non-hydrogen) atoms. The Morgan fingerprint density at radius 2 is 1.88 bits per heavy atom. The first-order chi connectivity index (χ1) is 11.2. The number of ether oxygens (including phenoxy) is 2. The molecule has 0 bridgehead atoms. The maximum Gasteiger partial charge on any atom is 0.255 e. The first-order valence-corrected chi connectivity index (χ1v) is 7.61. The molecule has 1 heterocycles. The third-order valence-electron chi connectivity index (χ3n) is 3.95. The molecule has 0 aliphatic carbocycles. The van der Waals surface area contributed by atoms with Crippen LogP contribution >= 0.6 is 12.4 Å². The van der Waals surface area contributed by atoms with Crippen LogP contribution in [0.4, 0.5) is 11.4 Å². The SMILES string of the molecule is COc1ccc(C(=O)Nc2ccc3c(c2)CCCN3)cc1OC.Cl. The highest BCUT2D eigenvalue weighted by atomic mass is 35.5. The number of carbonyl (C=O) groups is 1. The Bertz CT molecular complexity index is 734. The predicted molar refractivity (Wildman–Crippen MR) is 98.0 cm³/mol. The smallest absolute Gasteiger partial charge is 0.255 e. The Morgan fingerprint density at radius 3 is 2.62 bits per heavy atom. The number of carbonyl (C=O) groups excluding carboxylic acids is 1. The van der Waals surface area contributed by atoms with Crippen LogP contribution < -0.4 is 20.1 Å². The van der Waals surface area contributed by atoms with Crippen LogP contribution in [-0.4, -0.2) is 26.7 Å². The molecule has 2 aromatic rings. The van der Waals surface area contributed by atoms with Gasteiger partial charge in [-0.05, 0) is 54.8 Å². The zero-order valence-electron chi connectivity index (χ0n) is 13.7. The summed E-state index contributed by atoms with van der Waals surface area (Å²) in [7, 11) is 3.12. The molecule has 2 aromatic carbocycles. The normalized spacial score (nSPS) is 12.2. The molecule has 0 fully saturated rings. The number of nitrogens with one attached hydrogen (secondary N) is 2. The van der Waals surface area contributed by atoms with Gasteiger partial charge in [-0.3, -0.25) is 4.79 Å². The molecular weight excluding hydrogens is 328 g/mol. The van der Waals surface area contributed by atoms with Crippen molar-refractivity contribution in [3.8, 4) is 11.5 Å². The van der Waals surface area contributed by atoms with Gasteiger partial charge < -0.3 is 20.1 Å². The van der Waals surface area contributed by atoms with Gasteiger partial charge >= 0.3 is 0 Å². The predicted octanol–water partition coefficient (Wildman–Crippen LogP) is 3.74. The van der Waals surface area contributed by atoms with Crippen molar-refractivity contribution >= 4 is 29.7 Å². The monoisotopic (exact) mass is 348 g/mol. The lowest BCUT2D eigenvalue weighted by Crippen LogP contribution is -2.14. The maximum absolute atomic E-state index is 12.4. The molecule has 0 atom stereocenters. The molecule has 0 aromatic heterocycles. The third kappa shape index (κ3) is 3.74. The highest BCUT2D eigenvalue weighted by Crippen LogP contribution is 2.29. The van der Waals surface area contributed by atoms with Crippen molar-refractivity contribution in [2.75, 3.05) is 31.4 Å². The summed E-state index contributed by atoms with van der Waals surface area (Å²) >= 11 is 0. The summed E-state index contributed by atoms with van der Waals surface area (Å²) in [4.78, 5) is 12.4. The van der Waals surface area contributed by atoms with Crippen molar-refractivity contribution in [2.45, 2.75) is 12.8 Å². The van der Waals surface area contributed by atoms with E-state index in [2.05, 4.69) is 10.6 Å². The molecule has 1 amide bonds. The van der Waals surface area contributed by atoms with Crippen LogP contribution in [0.15, 0.2) is 36.4 Å². The van der Waals surface area contributed by atoms with Crippen LogP contribution in [0.1, 0.15) is 22.3 Å². The summed E-state index contributed by atoms with van der Waals surface area (Å²) in [6.07, 6.45) is 2.14. The van der Waals surface area contributed by atoms with Crippen molar-refractivity contribution in [2.24, 2.45) is 0 Å². The van der Waals surface area contributed by atoms with Crippen molar-refractivity contribution in [1.82, 2.24) is 0 Å². The van der Waals surface area contributed by atoms with Gasteiger partial charge in [0, 0.05) is 23.5 Å². The first kappa shape index (κ1) is 17.9. The number of hydrogen-bond acceptors (Lipinski definition) is 4.